The molecule has 2 aromatic carbocycles. The second-order valence-electron chi connectivity index (χ2n) is 7.48. The summed E-state index contributed by atoms with van der Waals surface area (Å²) in [5.41, 5.74) is 2.20. The molecule has 170 valence electrons. The van der Waals surface area contributed by atoms with E-state index < -0.39 is 30.7 Å². The topological polar surface area (TPSA) is 152 Å². The Labute approximate surface area is 190 Å². The van der Waals surface area contributed by atoms with Crippen molar-refractivity contribution in [3.8, 4) is 5.75 Å². The first kappa shape index (κ1) is 23.9. The molecule has 1 atom stereocenters. The zero-order valence-electron chi connectivity index (χ0n) is 17.7. The third-order valence-corrected chi connectivity index (χ3v) is 5.06. The van der Waals surface area contributed by atoms with Gasteiger partial charge in [0.05, 0.1) is 5.94 Å². The number of hydrogen-bond donors (Lipinski definition) is 6. The third-order valence-electron chi connectivity index (χ3n) is 5.06. The third kappa shape index (κ3) is 6.63. The summed E-state index contributed by atoms with van der Waals surface area (Å²) in [7, 11) is -1.92. The first-order chi connectivity index (χ1) is 15.8. The van der Waals surface area contributed by atoms with E-state index in [9.17, 15) is 24.7 Å². The summed E-state index contributed by atoms with van der Waals surface area (Å²) < 4.78 is 0. The van der Waals surface area contributed by atoms with Crippen LogP contribution in [0.15, 0.2) is 67.0 Å². The van der Waals surface area contributed by atoms with E-state index in [4.69, 9.17) is 5.11 Å². The summed E-state index contributed by atoms with van der Waals surface area (Å²) in [6.07, 6.45) is 3.32. The zero-order chi connectivity index (χ0) is 23.8. The minimum atomic E-state index is -1.92. The second-order valence-corrected chi connectivity index (χ2v) is 7.48. The smallest absolute Gasteiger partial charge is 0.475 e. The Balaban J connectivity index is 1.60. The van der Waals surface area contributed by atoms with E-state index in [2.05, 4.69) is 15.6 Å². The van der Waals surface area contributed by atoms with Crippen LogP contribution in [0.1, 0.15) is 37.4 Å². The van der Waals surface area contributed by atoms with Gasteiger partial charge in [0.15, 0.2) is 0 Å². The van der Waals surface area contributed by atoms with E-state index in [1.54, 1.807) is 36.7 Å². The van der Waals surface area contributed by atoms with Crippen LogP contribution in [-0.4, -0.2) is 50.2 Å². The molecule has 1 unspecified atom stereocenters. The van der Waals surface area contributed by atoms with Gasteiger partial charge in [0, 0.05) is 31.0 Å². The number of aromatic carboxylic acids is 1. The fourth-order valence-electron chi connectivity index (χ4n) is 3.28. The average molecular weight is 449 g/mol. The largest absolute Gasteiger partial charge is 0.507 e. The molecule has 0 aliphatic rings. The molecule has 0 radical (unpaired) electrons. The SMILES string of the molecule is O=C(NC(Cc1cccc(C(=O)O)c1O)B(O)O)c1ccc(CNCc2cccnc2)cc1. The molecule has 33 heavy (non-hydrogen) atoms. The summed E-state index contributed by atoms with van der Waals surface area (Å²) in [5.74, 6) is -3.48. The Bertz CT molecular complexity index is 1090. The standard InChI is InChI=1S/C23H24BN3O6/c28-21-18(4-1-5-19(21)23(30)31)11-20(24(32)33)27-22(29)17-8-6-15(7-9-17)12-26-14-16-3-2-10-25-13-16/h1-10,13,20,26,28,32-33H,11-12,14H2,(H,27,29)(H,30,31). The number of carbonyl (C=O) groups is 2. The van der Waals surface area contributed by atoms with Crippen molar-refractivity contribution in [1.82, 2.24) is 15.6 Å². The van der Waals surface area contributed by atoms with Crippen molar-refractivity contribution < 1.29 is 29.9 Å². The zero-order valence-corrected chi connectivity index (χ0v) is 17.7. The Hall–Kier alpha value is -3.73. The number of nitrogens with zero attached hydrogens (tertiary/aromatic N) is 1. The number of amides is 1. The van der Waals surface area contributed by atoms with Gasteiger partial charge in [-0.3, -0.25) is 9.78 Å². The maximum absolute atomic E-state index is 12.6. The molecule has 6 N–H and O–H groups in total. The van der Waals surface area contributed by atoms with Crippen LogP contribution in [-0.2, 0) is 19.5 Å². The van der Waals surface area contributed by atoms with E-state index >= 15 is 0 Å². The Morgan fingerprint density at radius 1 is 0.970 bits per heavy atom. The number of carbonyl (C=O) groups excluding carboxylic acids is 1. The summed E-state index contributed by atoms with van der Waals surface area (Å²) >= 11 is 0. The molecule has 1 amide bonds. The van der Waals surface area contributed by atoms with E-state index in [0.717, 1.165) is 11.1 Å². The van der Waals surface area contributed by atoms with Crippen LogP contribution in [0.5, 0.6) is 5.75 Å². The number of benzene rings is 2. The van der Waals surface area contributed by atoms with Crippen molar-refractivity contribution >= 4 is 19.0 Å². The van der Waals surface area contributed by atoms with Gasteiger partial charge in [0.1, 0.15) is 11.3 Å². The number of aromatic nitrogens is 1. The number of aromatic hydroxyl groups is 1. The molecule has 0 saturated heterocycles. The summed E-state index contributed by atoms with van der Waals surface area (Å²) in [5, 5.41) is 44.5. The van der Waals surface area contributed by atoms with Gasteiger partial charge in [-0.2, -0.15) is 0 Å². The van der Waals surface area contributed by atoms with Crippen LogP contribution in [0.2, 0.25) is 0 Å². The highest BCUT2D eigenvalue weighted by molar-refractivity contribution is 6.43. The lowest BCUT2D eigenvalue weighted by atomic mass is 9.75. The predicted octanol–water partition coefficient (Wildman–Crippen LogP) is 1.13. The van der Waals surface area contributed by atoms with E-state index in [1.165, 1.54) is 18.2 Å². The molecule has 9 nitrogen and oxygen atoms in total. The van der Waals surface area contributed by atoms with Crippen LogP contribution in [0.4, 0.5) is 0 Å². The summed E-state index contributed by atoms with van der Waals surface area (Å²) in [4.78, 5) is 27.9. The van der Waals surface area contributed by atoms with Crippen LogP contribution in [0.3, 0.4) is 0 Å². The number of carboxylic acids is 1. The number of phenols is 1. The minimum Gasteiger partial charge on any atom is -0.507 e. The molecule has 3 rings (SSSR count). The van der Waals surface area contributed by atoms with Gasteiger partial charge in [0.25, 0.3) is 5.91 Å². The molecule has 0 saturated carbocycles. The molecule has 1 aromatic heterocycles. The van der Waals surface area contributed by atoms with Crippen molar-refractivity contribution in [3.05, 3.63) is 94.8 Å². The van der Waals surface area contributed by atoms with Gasteiger partial charge in [-0.05, 0) is 47.4 Å². The second kappa shape index (κ2) is 11.2. The molecule has 3 aromatic rings. The van der Waals surface area contributed by atoms with E-state index in [1.807, 2.05) is 12.1 Å². The average Bonchev–Trinajstić information content (AvgIpc) is 2.80. The van der Waals surface area contributed by atoms with Gasteiger partial charge in [-0.15, -0.1) is 0 Å². The monoisotopic (exact) mass is 449 g/mol. The minimum absolute atomic E-state index is 0.170. The van der Waals surface area contributed by atoms with Crippen LogP contribution in [0, 0.1) is 0 Å². The van der Waals surface area contributed by atoms with E-state index in [-0.39, 0.29) is 17.5 Å². The normalized spacial score (nSPS) is 11.6. The van der Waals surface area contributed by atoms with Crippen molar-refractivity contribution in [3.63, 3.8) is 0 Å². The lowest BCUT2D eigenvalue weighted by molar-refractivity contribution is 0.0693. The van der Waals surface area contributed by atoms with Crippen LogP contribution < -0.4 is 10.6 Å². The molecule has 0 fully saturated rings. The van der Waals surface area contributed by atoms with Crippen LogP contribution in [0.25, 0.3) is 0 Å². The fourth-order valence-corrected chi connectivity index (χ4v) is 3.28. The molecular weight excluding hydrogens is 425 g/mol. The molecule has 10 heteroatoms. The first-order valence-corrected chi connectivity index (χ1v) is 10.2. The number of rotatable bonds is 10. The number of hydrogen-bond acceptors (Lipinski definition) is 7. The lowest BCUT2D eigenvalue weighted by Gasteiger charge is -2.19. The highest BCUT2D eigenvalue weighted by Gasteiger charge is 2.28. The van der Waals surface area contributed by atoms with Gasteiger partial charge in [-0.1, -0.05) is 30.3 Å². The van der Waals surface area contributed by atoms with Gasteiger partial charge >= 0.3 is 13.1 Å². The number of pyridine rings is 1. The molecular formula is C23H24BN3O6. The highest BCUT2D eigenvalue weighted by atomic mass is 16.4. The number of para-hydroxylation sites is 1. The van der Waals surface area contributed by atoms with Crippen LogP contribution >= 0.6 is 0 Å². The van der Waals surface area contributed by atoms with Crippen molar-refractivity contribution in [1.29, 1.82) is 0 Å². The quantitative estimate of drug-likeness (QED) is 0.252. The van der Waals surface area contributed by atoms with Gasteiger partial charge < -0.3 is 30.9 Å². The Kier molecular flexibility index (Phi) is 8.14. The van der Waals surface area contributed by atoms with E-state index in [0.29, 0.717) is 18.7 Å². The van der Waals surface area contributed by atoms with Crippen molar-refractivity contribution in [2.45, 2.75) is 25.5 Å². The maximum Gasteiger partial charge on any atom is 0.475 e. The van der Waals surface area contributed by atoms with Gasteiger partial charge in [-0.25, -0.2) is 4.79 Å². The molecule has 0 aliphatic heterocycles. The van der Waals surface area contributed by atoms with Crippen molar-refractivity contribution in [2.24, 2.45) is 0 Å². The first-order valence-electron chi connectivity index (χ1n) is 10.2. The predicted molar refractivity (Wildman–Crippen MR) is 121 cm³/mol. The fraction of sp³-hybridized carbons (Fsp3) is 0.174. The molecule has 1 heterocycles. The molecule has 0 bridgehead atoms. The summed E-state index contributed by atoms with van der Waals surface area (Å²) in [6, 6.07) is 14.8. The Morgan fingerprint density at radius 3 is 2.33 bits per heavy atom. The molecule has 0 spiro atoms. The molecule has 0 aliphatic carbocycles. The highest BCUT2D eigenvalue weighted by Crippen LogP contribution is 2.24. The number of nitrogens with one attached hydrogen (secondary N) is 2. The number of carboxylic acid groups (broad SMARTS) is 1. The maximum atomic E-state index is 12.6. The summed E-state index contributed by atoms with van der Waals surface area (Å²) in [6.45, 7) is 1.25. The van der Waals surface area contributed by atoms with Crippen molar-refractivity contribution in [2.75, 3.05) is 0 Å². The lowest BCUT2D eigenvalue weighted by Crippen LogP contribution is -2.47. The van der Waals surface area contributed by atoms with Gasteiger partial charge in [0.2, 0.25) is 0 Å². The Morgan fingerprint density at radius 2 is 1.70 bits per heavy atom.